The summed E-state index contributed by atoms with van der Waals surface area (Å²) in [4.78, 5) is 21.1. The Hall–Kier alpha value is -2.73. The minimum Gasteiger partial charge on any atom is -0.496 e. The van der Waals surface area contributed by atoms with Crippen LogP contribution in [0.2, 0.25) is 0 Å². The van der Waals surface area contributed by atoms with Gasteiger partial charge in [0.05, 0.1) is 31.0 Å². The number of ether oxygens (including phenoxy) is 1. The maximum Gasteiger partial charge on any atom is 0.226 e. The zero-order valence-corrected chi connectivity index (χ0v) is 14.9. The van der Waals surface area contributed by atoms with Crippen LogP contribution in [-0.4, -0.2) is 23.0 Å². The number of carbonyl (C=O) groups excluding carboxylic acids is 1. The number of nitrogens with one attached hydrogen (secondary N) is 1. The predicted molar refractivity (Wildman–Crippen MR) is 98.6 cm³/mol. The van der Waals surface area contributed by atoms with Gasteiger partial charge < -0.3 is 10.1 Å². The first-order chi connectivity index (χ1) is 12.2. The highest BCUT2D eigenvalue weighted by molar-refractivity contribution is 7.13. The lowest BCUT2D eigenvalue weighted by molar-refractivity contribution is -0.121. The van der Waals surface area contributed by atoms with E-state index in [4.69, 9.17) is 4.74 Å². The minimum atomic E-state index is -0.141. The largest absolute Gasteiger partial charge is 0.496 e. The number of thiazole rings is 1. The van der Waals surface area contributed by atoms with E-state index in [1.54, 1.807) is 13.3 Å². The number of hydrogen-bond acceptors (Lipinski definition) is 5. The molecule has 1 N–H and O–H groups in total. The second-order valence-corrected chi connectivity index (χ2v) is 6.43. The molecule has 0 aliphatic heterocycles. The fourth-order valence-electron chi connectivity index (χ4n) is 2.55. The van der Waals surface area contributed by atoms with E-state index in [0.717, 1.165) is 27.7 Å². The van der Waals surface area contributed by atoms with Gasteiger partial charge in [-0.1, -0.05) is 24.3 Å². The van der Waals surface area contributed by atoms with Gasteiger partial charge in [0.2, 0.25) is 5.91 Å². The van der Waals surface area contributed by atoms with Gasteiger partial charge in [-0.2, -0.15) is 0 Å². The second-order valence-electron chi connectivity index (χ2n) is 5.57. The van der Waals surface area contributed by atoms with Crippen molar-refractivity contribution in [1.29, 1.82) is 0 Å². The summed E-state index contributed by atoms with van der Waals surface area (Å²) >= 11 is 1.49. The molecule has 0 saturated carbocycles. The van der Waals surface area contributed by atoms with E-state index in [-0.39, 0.29) is 18.4 Å². The van der Waals surface area contributed by atoms with Gasteiger partial charge in [0.15, 0.2) is 0 Å². The number of hydrogen-bond donors (Lipinski definition) is 1. The van der Waals surface area contributed by atoms with Crippen LogP contribution < -0.4 is 10.1 Å². The van der Waals surface area contributed by atoms with Crippen molar-refractivity contribution in [2.24, 2.45) is 0 Å². The van der Waals surface area contributed by atoms with Gasteiger partial charge in [0.25, 0.3) is 0 Å². The van der Waals surface area contributed by atoms with Crippen molar-refractivity contribution in [3.63, 3.8) is 0 Å². The van der Waals surface area contributed by atoms with E-state index in [2.05, 4.69) is 15.3 Å². The summed E-state index contributed by atoms with van der Waals surface area (Å²) in [6, 6.07) is 13.2. The van der Waals surface area contributed by atoms with Crippen LogP contribution in [-0.2, 0) is 11.2 Å². The number of benzene rings is 1. The van der Waals surface area contributed by atoms with Crippen molar-refractivity contribution in [1.82, 2.24) is 15.3 Å². The fraction of sp³-hybridized carbons (Fsp3) is 0.211. The quantitative estimate of drug-likeness (QED) is 0.735. The number of carbonyl (C=O) groups is 1. The fourth-order valence-corrected chi connectivity index (χ4v) is 3.35. The van der Waals surface area contributed by atoms with Crippen LogP contribution in [0.4, 0.5) is 0 Å². The first kappa shape index (κ1) is 17.1. The molecule has 25 heavy (non-hydrogen) atoms. The summed E-state index contributed by atoms with van der Waals surface area (Å²) < 4.78 is 5.35. The standard InChI is InChI=1S/C19H19N3O2S/c1-13(15-7-3-4-9-17(15)24-2)21-18(23)11-14-12-25-19(22-14)16-8-5-6-10-20-16/h3-10,12-13H,11H2,1-2H3,(H,21,23)/t13-/m0/s1. The summed E-state index contributed by atoms with van der Waals surface area (Å²) in [5.74, 6) is 0.692. The van der Waals surface area contributed by atoms with E-state index < -0.39 is 0 Å². The number of para-hydroxylation sites is 1. The van der Waals surface area contributed by atoms with Crippen LogP contribution in [0, 0.1) is 0 Å². The van der Waals surface area contributed by atoms with Crippen molar-refractivity contribution in [2.45, 2.75) is 19.4 Å². The molecular weight excluding hydrogens is 334 g/mol. The Morgan fingerprint density at radius 2 is 2.04 bits per heavy atom. The molecule has 5 nitrogen and oxygen atoms in total. The third-order valence-corrected chi connectivity index (χ3v) is 4.67. The van der Waals surface area contributed by atoms with Gasteiger partial charge in [0, 0.05) is 17.1 Å². The van der Waals surface area contributed by atoms with E-state index in [1.165, 1.54) is 11.3 Å². The first-order valence-electron chi connectivity index (χ1n) is 7.95. The van der Waals surface area contributed by atoms with E-state index in [9.17, 15) is 4.79 Å². The highest BCUT2D eigenvalue weighted by Gasteiger charge is 2.15. The Kier molecular flexibility index (Phi) is 5.40. The number of nitrogens with zero attached hydrogens (tertiary/aromatic N) is 2. The topological polar surface area (TPSA) is 64.1 Å². The highest BCUT2D eigenvalue weighted by atomic mass is 32.1. The van der Waals surface area contributed by atoms with Crippen LogP contribution in [0.5, 0.6) is 5.75 Å². The summed E-state index contributed by atoms with van der Waals surface area (Å²) in [7, 11) is 1.63. The molecule has 0 aliphatic rings. The number of amides is 1. The van der Waals surface area contributed by atoms with E-state index in [1.807, 2.05) is 54.8 Å². The molecule has 0 bridgehead atoms. The molecule has 0 spiro atoms. The zero-order chi connectivity index (χ0) is 17.6. The van der Waals surface area contributed by atoms with Crippen LogP contribution >= 0.6 is 11.3 Å². The molecule has 1 amide bonds. The van der Waals surface area contributed by atoms with Crippen LogP contribution in [0.3, 0.4) is 0 Å². The molecule has 0 radical (unpaired) electrons. The Labute approximate surface area is 150 Å². The van der Waals surface area contributed by atoms with Crippen molar-refractivity contribution in [2.75, 3.05) is 7.11 Å². The molecular formula is C19H19N3O2S. The van der Waals surface area contributed by atoms with Gasteiger partial charge in [-0.05, 0) is 25.1 Å². The van der Waals surface area contributed by atoms with Crippen molar-refractivity contribution < 1.29 is 9.53 Å². The molecule has 128 valence electrons. The van der Waals surface area contributed by atoms with Crippen LogP contribution in [0.15, 0.2) is 54.0 Å². The van der Waals surface area contributed by atoms with Crippen LogP contribution in [0.25, 0.3) is 10.7 Å². The Morgan fingerprint density at radius 1 is 1.24 bits per heavy atom. The molecule has 1 atom stereocenters. The molecule has 0 fully saturated rings. The maximum atomic E-state index is 12.3. The SMILES string of the molecule is COc1ccccc1[C@H](C)NC(=O)Cc1csc(-c2ccccn2)n1. The average Bonchev–Trinajstić information content (AvgIpc) is 3.10. The lowest BCUT2D eigenvalue weighted by Crippen LogP contribution is -2.28. The summed E-state index contributed by atoms with van der Waals surface area (Å²) in [5, 5.41) is 5.72. The Bertz CT molecular complexity index is 849. The maximum absolute atomic E-state index is 12.3. The lowest BCUT2D eigenvalue weighted by Gasteiger charge is -2.16. The molecule has 2 heterocycles. The van der Waals surface area contributed by atoms with Gasteiger partial charge in [-0.25, -0.2) is 4.98 Å². The smallest absolute Gasteiger partial charge is 0.226 e. The number of pyridine rings is 1. The normalized spacial score (nSPS) is 11.8. The molecule has 0 unspecified atom stereocenters. The first-order valence-corrected chi connectivity index (χ1v) is 8.83. The highest BCUT2D eigenvalue weighted by Crippen LogP contribution is 2.25. The van der Waals surface area contributed by atoms with E-state index >= 15 is 0 Å². The summed E-state index contributed by atoms with van der Waals surface area (Å²) in [6.45, 7) is 1.94. The molecule has 6 heteroatoms. The van der Waals surface area contributed by atoms with Crippen molar-refractivity contribution in [3.8, 4) is 16.5 Å². The molecule has 3 rings (SSSR count). The number of methoxy groups -OCH3 is 1. The van der Waals surface area contributed by atoms with Gasteiger partial charge >= 0.3 is 0 Å². The van der Waals surface area contributed by atoms with Gasteiger partial charge in [0.1, 0.15) is 10.8 Å². The zero-order valence-electron chi connectivity index (χ0n) is 14.1. The minimum absolute atomic E-state index is 0.0729. The third-order valence-electron chi connectivity index (χ3n) is 3.76. The number of aromatic nitrogens is 2. The second kappa shape index (κ2) is 7.90. The Balaban J connectivity index is 1.64. The van der Waals surface area contributed by atoms with Gasteiger partial charge in [-0.15, -0.1) is 11.3 Å². The summed E-state index contributed by atoms with van der Waals surface area (Å²) in [6.07, 6.45) is 1.97. The molecule has 1 aromatic carbocycles. The van der Waals surface area contributed by atoms with Crippen molar-refractivity contribution >= 4 is 17.2 Å². The molecule has 0 saturated heterocycles. The molecule has 3 aromatic rings. The average molecular weight is 353 g/mol. The van der Waals surface area contributed by atoms with E-state index in [0.29, 0.717) is 0 Å². The van der Waals surface area contributed by atoms with Gasteiger partial charge in [-0.3, -0.25) is 9.78 Å². The monoisotopic (exact) mass is 353 g/mol. The summed E-state index contributed by atoms with van der Waals surface area (Å²) in [5.41, 5.74) is 2.52. The van der Waals surface area contributed by atoms with Crippen LogP contribution in [0.1, 0.15) is 24.2 Å². The molecule has 2 aromatic heterocycles. The Morgan fingerprint density at radius 3 is 2.80 bits per heavy atom. The predicted octanol–water partition coefficient (Wildman–Crippen LogP) is 3.63. The van der Waals surface area contributed by atoms with Crippen molar-refractivity contribution in [3.05, 3.63) is 65.3 Å². The number of rotatable bonds is 6. The molecule has 0 aliphatic carbocycles. The third kappa shape index (κ3) is 4.22. The lowest BCUT2D eigenvalue weighted by atomic mass is 10.1.